The highest BCUT2D eigenvalue weighted by molar-refractivity contribution is 5.96. The summed E-state index contributed by atoms with van der Waals surface area (Å²) in [6, 6.07) is 4.19. The zero-order valence-electron chi connectivity index (χ0n) is 10.5. The lowest BCUT2D eigenvalue weighted by Crippen LogP contribution is -2.35. The number of anilines is 1. The molecule has 1 heterocycles. The normalized spacial score (nSPS) is 15.1. The lowest BCUT2D eigenvalue weighted by atomic mass is 10.1. The number of rotatable bonds is 3. The lowest BCUT2D eigenvalue weighted by Gasteiger charge is -2.26. The van der Waals surface area contributed by atoms with Gasteiger partial charge in [0.15, 0.2) is 0 Å². The molecule has 1 fully saturated rings. The first-order valence-electron chi connectivity index (χ1n) is 6.18. The van der Waals surface area contributed by atoms with Crippen LogP contribution >= 0.6 is 0 Å². The summed E-state index contributed by atoms with van der Waals surface area (Å²) in [5.74, 6) is 5.15. The van der Waals surface area contributed by atoms with Gasteiger partial charge < -0.3 is 10.3 Å². The van der Waals surface area contributed by atoms with Crippen molar-refractivity contribution < 1.29 is 9.72 Å². The first-order chi connectivity index (χ1) is 9.13. The molecule has 0 bridgehead atoms. The third-order valence-electron chi connectivity index (χ3n) is 3.24. The molecule has 1 saturated heterocycles. The largest absolute Gasteiger partial charge is 0.339 e. The number of nitrogen functional groups attached to an aromatic ring is 1. The van der Waals surface area contributed by atoms with E-state index in [1.165, 1.54) is 18.2 Å². The number of hydrogen-bond acceptors (Lipinski definition) is 5. The fraction of sp³-hybridized carbons (Fsp3) is 0.417. The number of amides is 1. The third kappa shape index (κ3) is 2.82. The molecule has 0 unspecified atom stereocenters. The molecular formula is C12H16N4O3. The minimum Gasteiger partial charge on any atom is -0.339 e. The maximum Gasteiger partial charge on any atom is 0.293 e. The van der Waals surface area contributed by atoms with Gasteiger partial charge in [-0.2, -0.15) is 0 Å². The molecule has 0 aromatic heterocycles. The second-order valence-electron chi connectivity index (χ2n) is 4.49. The van der Waals surface area contributed by atoms with Crippen LogP contribution in [0.5, 0.6) is 0 Å². The van der Waals surface area contributed by atoms with Gasteiger partial charge >= 0.3 is 0 Å². The number of carbonyl (C=O) groups is 1. The Hall–Kier alpha value is -2.15. The highest BCUT2D eigenvalue weighted by Gasteiger charge is 2.21. The van der Waals surface area contributed by atoms with Crippen molar-refractivity contribution in [2.75, 3.05) is 18.5 Å². The van der Waals surface area contributed by atoms with E-state index in [9.17, 15) is 14.9 Å². The lowest BCUT2D eigenvalue weighted by molar-refractivity contribution is -0.384. The topological polar surface area (TPSA) is 102 Å². The Bertz CT molecular complexity index is 498. The van der Waals surface area contributed by atoms with Crippen molar-refractivity contribution in [1.29, 1.82) is 0 Å². The van der Waals surface area contributed by atoms with E-state index in [0.29, 0.717) is 5.56 Å². The number of nitro groups is 1. The van der Waals surface area contributed by atoms with Crippen LogP contribution in [0.3, 0.4) is 0 Å². The minimum atomic E-state index is -0.537. The Morgan fingerprint density at radius 2 is 2.00 bits per heavy atom. The smallest absolute Gasteiger partial charge is 0.293 e. The van der Waals surface area contributed by atoms with E-state index in [2.05, 4.69) is 5.43 Å². The standard InChI is InChI=1S/C12H16N4O3/c13-14-10-8-9(4-5-11(10)16(18)19)12(17)15-6-2-1-3-7-15/h4-5,8,14H,1-3,6-7,13H2. The van der Waals surface area contributed by atoms with Gasteiger partial charge in [-0.25, -0.2) is 0 Å². The molecule has 19 heavy (non-hydrogen) atoms. The molecule has 1 aliphatic heterocycles. The molecule has 7 nitrogen and oxygen atoms in total. The van der Waals surface area contributed by atoms with Crippen LogP contribution in [-0.2, 0) is 0 Å². The maximum atomic E-state index is 12.2. The van der Waals surface area contributed by atoms with E-state index in [1.54, 1.807) is 4.90 Å². The highest BCUT2D eigenvalue weighted by Crippen LogP contribution is 2.25. The summed E-state index contributed by atoms with van der Waals surface area (Å²) in [6.45, 7) is 1.47. The van der Waals surface area contributed by atoms with Crippen LogP contribution in [0.2, 0.25) is 0 Å². The SMILES string of the molecule is NNc1cc(C(=O)N2CCCCC2)ccc1[N+](=O)[O-]. The monoisotopic (exact) mass is 264 g/mol. The first-order valence-corrected chi connectivity index (χ1v) is 6.18. The zero-order valence-corrected chi connectivity index (χ0v) is 10.5. The number of piperidine rings is 1. The predicted octanol–water partition coefficient (Wildman–Crippen LogP) is 1.51. The second-order valence-corrected chi connectivity index (χ2v) is 4.49. The van der Waals surface area contributed by atoms with Crippen molar-refractivity contribution in [3.05, 3.63) is 33.9 Å². The van der Waals surface area contributed by atoms with Crippen molar-refractivity contribution in [3.8, 4) is 0 Å². The average Bonchev–Trinajstić information content (AvgIpc) is 2.46. The first kappa shape index (κ1) is 13.3. The van der Waals surface area contributed by atoms with E-state index in [-0.39, 0.29) is 17.3 Å². The number of nitrogens with two attached hydrogens (primary N) is 1. The Labute approximate surface area is 110 Å². The van der Waals surface area contributed by atoms with Gasteiger partial charge in [-0.05, 0) is 31.4 Å². The van der Waals surface area contributed by atoms with Gasteiger partial charge in [0, 0.05) is 24.7 Å². The average molecular weight is 264 g/mol. The van der Waals surface area contributed by atoms with Crippen LogP contribution in [0.4, 0.5) is 11.4 Å². The van der Waals surface area contributed by atoms with Crippen molar-refractivity contribution in [1.82, 2.24) is 4.90 Å². The van der Waals surface area contributed by atoms with E-state index in [0.717, 1.165) is 32.4 Å². The van der Waals surface area contributed by atoms with Gasteiger partial charge in [0.25, 0.3) is 11.6 Å². The van der Waals surface area contributed by atoms with Gasteiger partial charge in [-0.1, -0.05) is 0 Å². The molecular weight excluding hydrogens is 248 g/mol. The number of nitrogens with one attached hydrogen (secondary N) is 1. The van der Waals surface area contributed by atoms with Crippen molar-refractivity contribution in [2.45, 2.75) is 19.3 Å². The molecule has 1 amide bonds. The molecule has 0 aliphatic carbocycles. The molecule has 3 N–H and O–H groups in total. The summed E-state index contributed by atoms with van der Waals surface area (Å²) in [5.41, 5.74) is 2.68. The number of likely N-dealkylation sites (tertiary alicyclic amines) is 1. The molecule has 1 aromatic carbocycles. The summed E-state index contributed by atoms with van der Waals surface area (Å²) in [5, 5.41) is 10.8. The van der Waals surface area contributed by atoms with Crippen LogP contribution in [0.25, 0.3) is 0 Å². The minimum absolute atomic E-state index is 0.105. The molecule has 7 heteroatoms. The third-order valence-corrected chi connectivity index (χ3v) is 3.24. The van der Waals surface area contributed by atoms with Crippen LogP contribution in [0.15, 0.2) is 18.2 Å². The Kier molecular flexibility index (Phi) is 3.96. The number of hydrogen-bond donors (Lipinski definition) is 2. The van der Waals surface area contributed by atoms with Gasteiger partial charge in [-0.3, -0.25) is 20.8 Å². The number of hydrazine groups is 1. The molecule has 0 atom stereocenters. The predicted molar refractivity (Wildman–Crippen MR) is 70.7 cm³/mol. The summed E-state index contributed by atoms with van der Waals surface area (Å²) >= 11 is 0. The van der Waals surface area contributed by atoms with E-state index in [1.807, 2.05) is 0 Å². The molecule has 1 aromatic rings. The van der Waals surface area contributed by atoms with E-state index < -0.39 is 4.92 Å². The number of nitrogens with zero attached hydrogens (tertiary/aromatic N) is 2. The zero-order chi connectivity index (χ0) is 13.8. The Morgan fingerprint density at radius 1 is 1.32 bits per heavy atom. The van der Waals surface area contributed by atoms with Crippen molar-refractivity contribution in [2.24, 2.45) is 5.84 Å². The number of carbonyl (C=O) groups excluding carboxylic acids is 1. The van der Waals surface area contributed by atoms with E-state index in [4.69, 9.17) is 5.84 Å². The highest BCUT2D eigenvalue weighted by atomic mass is 16.6. The fourth-order valence-electron chi connectivity index (χ4n) is 2.22. The summed E-state index contributed by atoms with van der Waals surface area (Å²) in [6.07, 6.45) is 3.14. The van der Waals surface area contributed by atoms with Gasteiger partial charge in [0.2, 0.25) is 0 Å². The van der Waals surface area contributed by atoms with Crippen molar-refractivity contribution >= 4 is 17.3 Å². The second kappa shape index (κ2) is 5.66. The summed E-state index contributed by atoms with van der Waals surface area (Å²) in [4.78, 5) is 24.2. The van der Waals surface area contributed by atoms with Gasteiger partial charge in [0.05, 0.1) is 4.92 Å². The van der Waals surface area contributed by atoms with Crippen LogP contribution in [-0.4, -0.2) is 28.8 Å². The van der Waals surface area contributed by atoms with Crippen LogP contribution < -0.4 is 11.3 Å². The van der Waals surface area contributed by atoms with Crippen LogP contribution in [0, 0.1) is 10.1 Å². The van der Waals surface area contributed by atoms with Crippen LogP contribution in [0.1, 0.15) is 29.6 Å². The molecule has 2 rings (SSSR count). The van der Waals surface area contributed by atoms with Crippen molar-refractivity contribution in [3.63, 3.8) is 0 Å². The molecule has 0 radical (unpaired) electrons. The summed E-state index contributed by atoms with van der Waals surface area (Å²) in [7, 11) is 0. The number of benzene rings is 1. The van der Waals surface area contributed by atoms with E-state index >= 15 is 0 Å². The maximum absolute atomic E-state index is 12.2. The molecule has 102 valence electrons. The van der Waals surface area contributed by atoms with Gasteiger partial charge in [0.1, 0.15) is 5.69 Å². The molecule has 0 spiro atoms. The fourth-order valence-corrected chi connectivity index (χ4v) is 2.22. The van der Waals surface area contributed by atoms with Gasteiger partial charge in [-0.15, -0.1) is 0 Å². The number of nitro benzene ring substituents is 1. The molecule has 1 aliphatic rings. The quantitative estimate of drug-likeness (QED) is 0.489. The Balaban J connectivity index is 2.24. The Morgan fingerprint density at radius 3 is 2.58 bits per heavy atom. The summed E-state index contributed by atoms with van der Waals surface area (Å²) < 4.78 is 0. The molecule has 0 saturated carbocycles.